The van der Waals surface area contributed by atoms with Gasteiger partial charge in [0.1, 0.15) is 5.82 Å². The highest BCUT2D eigenvalue weighted by Crippen LogP contribution is 2.39. The van der Waals surface area contributed by atoms with Gasteiger partial charge in [0.25, 0.3) is 0 Å². The lowest BCUT2D eigenvalue weighted by atomic mass is 10.1. The summed E-state index contributed by atoms with van der Waals surface area (Å²) in [5.41, 5.74) is 4.83. The molecule has 0 saturated carbocycles. The Hall–Kier alpha value is -2.20. The average Bonchev–Trinajstić information content (AvgIpc) is 3.11. The summed E-state index contributed by atoms with van der Waals surface area (Å²) in [6.07, 6.45) is 11.3. The summed E-state index contributed by atoms with van der Waals surface area (Å²) in [4.78, 5) is 10.5. The molecule has 0 aliphatic heterocycles. The minimum atomic E-state index is 0.836. The van der Waals surface area contributed by atoms with E-state index in [-0.39, 0.29) is 0 Å². The molecule has 3 nitrogen and oxygen atoms in total. The molecule has 1 aliphatic carbocycles. The molecule has 3 rings (SSSR count). The van der Waals surface area contributed by atoms with Crippen molar-refractivity contribution in [2.45, 2.75) is 41.0 Å². The zero-order valence-corrected chi connectivity index (χ0v) is 15.9. The molecule has 0 saturated heterocycles. The minimum absolute atomic E-state index is 0.836. The molecule has 0 atom stereocenters. The van der Waals surface area contributed by atoms with Gasteiger partial charge in [-0.3, -0.25) is 0 Å². The number of nitrogens with one attached hydrogen (secondary N) is 1. The van der Waals surface area contributed by atoms with Gasteiger partial charge < -0.3 is 5.32 Å². The molecular formula is C20H25N3S. The van der Waals surface area contributed by atoms with Crippen molar-refractivity contribution in [2.24, 2.45) is 0 Å². The molecule has 0 amide bonds. The number of allylic oxidation sites excluding steroid dienone is 6. The van der Waals surface area contributed by atoms with Crippen LogP contribution < -0.4 is 5.32 Å². The van der Waals surface area contributed by atoms with Crippen LogP contribution in [0.3, 0.4) is 0 Å². The number of pyridine rings is 1. The smallest absolute Gasteiger partial charge is 0.189 e. The van der Waals surface area contributed by atoms with Crippen molar-refractivity contribution in [3.05, 3.63) is 64.3 Å². The molecule has 0 fully saturated rings. The van der Waals surface area contributed by atoms with Gasteiger partial charge in [-0.05, 0) is 38.0 Å². The summed E-state index contributed by atoms with van der Waals surface area (Å²) >= 11 is 1.71. The lowest BCUT2D eigenvalue weighted by molar-refractivity contribution is 1.24. The molecule has 0 bridgehead atoms. The second kappa shape index (κ2) is 8.60. The van der Waals surface area contributed by atoms with Crippen molar-refractivity contribution >= 4 is 27.9 Å². The van der Waals surface area contributed by atoms with E-state index in [4.69, 9.17) is 4.98 Å². The lowest BCUT2D eigenvalue weighted by Gasteiger charge is -2.02. The fourth-order valence-corrected chi connectivity index (χ4v) is 3.52. The Kier molecular flexibility index (Phi) is 6.50. The van der Waals surface area contributed by atoms with Crippen LogP contribution in [0.2, 0.25) is 0 Å². The monoisotopic (exact) mass is 339 g/mol. The van der Waals surface area contributed by atoms with Gasteiger partial charge in [0.05, 0.1) is 5.69 Å². The lowest BCUT2D eigenvalue weighted by Crippen LogP contribution is -1.93. The predicted molar refractivity (Wildman–Crippen MR) is 106 cm³/mol. The van der Waals surface area contributed by atoms with Crippen LogP contribution in [0.25, 0.3) is 5.57 Å². The van der Waals surface area contributed by atoms with Gasteiger partial charge >= 0.3 is 0 Å². The predicted octanol–water partition coefficient (Wildman–Crippen LogP) is 6.08. The Labute approximate surface area is 148 Å². The van der Waals surface area contributed by atoms with Crippen LogP contribution in [-0.4, -0.2) is 9.97 Å². The SMILES string of the molecule is C/C=C\C1=C(/C=C\C)c2nc(Nc3ccc(C)cn3)sc2C1.CC. The Morgan fingerprint density at radius 1 is 1.12 bits per heavy atom. The first-order valence-electron chi connectivity index (χ1n) is 8.39. The van der Waals surface area contributed by atoms with E-state index in [0.29, 0.717) is 0 Å². The number of hydrogen-bond acceptors (Lipinski definition) is 4. The number of anilines is 2. The number of nitrogens with zero attached hydrogens (tertiary/aromatic N) is 2. The quantitative estimate of drug-likeness (QED) is 0.733. The van der Waals surface area contributed by atoms with Crippen LogP contribution in [0.5, 0.6) is 0 Å². The maximum atomic E-state index is 4.77. The Balaban J connectivity index is 0.00000100. The maximum absolute atomic E-state index is 4.77. The van der Waals surface area contributed by atoms with Gasteiger partial charge in [-0.25, -0.2) is 9.97 Å². The summed E-state index contributed by atoms with van der Waals surface area (Å²) < 4.78 is 0. The van der Waals surface area contributed by atoms with E-state index in [1.54, 1.807) is 11.3 Å². The van der Waals surface area contributed by atoms with Crippen molar-refractivity contribution in [1.29, 1.82) is 0 Å². The first-order chi connectivity index (χ1) is 11.7. The van der Waals surface area contributed by atoms with E-state index >= 15 is 0 Å². The van der Waals surface area contributed by atoms with Gasteiger partial charge in [0.2, 0.25) is 0 Å². The second-order valence-electron chi connectivity index (χ2n) is 5.25. The van der Waals surface area contributed by atoms with Crippen molar-refractivity contribution in [3.63, 3.8) is 0 Å². The van der Waals surface area contributed by atoms with Gasteiger partial charge in [-0.2, -0.15) is 0 Å². The molecule has 1 aliphatic rings. The largest absolute Gasteiger partial charge is 0.316 e. The molecule has 4 heteroatoms. The van der Waals surface area contributed by atoms with Crippen LogP contribution in [0, 0.1) is 6.92 Å². The fourth-order valence-electron chi connectivity index (χ4n) is 2.51. The number of rotatable bonds is 4. The average molecular weight is 340 g/mol. The molecule has 0 spiro atoms. The molecule has 2 aromatic heterocycles. The minimum Gasteiger partial charge on any atom is -0.316 e. The van der Waals surface area contributed by atoms with Crippen molar-refractivity contribution in [1.82, 2.24) is 9.97 Å². The van der Waals surface area contributed by atoms with E-state index < -0.39 is 0 Å². The van der Waals surface area contributed by atoms with Crippen molar-refractivity contribution in [3.8, 4) is 0 Å². The number of hydrogen-bond donors (Lipinski definition) is 1. The normalized spacial score (nSPS) is 13.4. The number of aryl methyl sites for hydroxylation is 1. The Bertz CT molecular complexity index is 765. The highest BCUT2D eigenvalue weighted by molar-refractivity contribution is 7.16. The van der Waals surface area contributed by atoms with Crippen LogP contribution in [-0.2, 0) is 6.42 Å². The highest BCUT2D eigenvalue weighted by atomic mass is 32.1. The van der Waals surface area contributed by atoms with Crippen LogP contribution >= 0.6 is 11.3 Å². The van der Waals surface area contributed by atoms with Gasteiger partial charge in [0, 0.05) is 23.1 Å². The second-order valence-corrected chi connectivity index (χ2v) is 6.34. The molecule has 126 valence electrons. The topological polar surface area (TPSA) is 37.8 Å². The zero-order chi connectivity index (χ0) is 17.5. The van der Waals surface area contributed by atoms with E-state index in [0.717, 1.165) is 28.6 Å². The third-order valence-corrected chi connectivity index (χ3v) is 4.47. The maximum Gasteiger partial charge on any atom is 0.189 e. The summed E-state index contributed by atoms with van der Waals surface area (Å²) in [7, 11) is 0. The number of thiazole rings is 1. The molecule has 0 radical (unpaired) electrons. The Morgan fingerprint density at radius 2 is 1.88 bits per heavy atom. The van der Waals surface area contributed by atoms with Crippen molar-refractivity contribution in [2.75, 3.05) is 5.32 Å². The Morgan fingerprint density at radius 3 is 2.50 bits per heavy atom. The van der Waals surface area contributed by atoms with Gasteiger partial charge in [-0.15, -0.1) is 11.3 Å². The molecule has 0 unspecified atom stereocenters. The number of aromatic nitrogens is 2. The van der Waals surface area contributed by atoms with E-state index in [9.17, 15) is 0 Å². The van der Waals surface area contributed by atoms with Gasteiger partial charge in [0.15, 0.2) is 5.13 Å². The highest BCUT2D eigenvalue weighted by Gasteiger charge is 2.23. The van der Waals surface area contributed by atoms with E-state index in [2.05, 4.69) is 41.5 Å². The van der Waals surface area contributed by atoms with Crippen LogP contribution in [0.4, 0.5) is 10.9 Å². The fraction of sp³-hybridized carbons (Fsp3) is 0.300. The standard InChI is InChI=1S/C18H19N3S.C2H6/c1-4-6-13-10-15-17(14(13)7-5-2)21-18(22-15)20-16-9-8-12(3)11-19-16;1-2/h4-9,11H,10H2,1-3H3,(H,19,20,21);1-2H3/b6-4-,7-5-;. The molecule has 0 aromatic carbocycles. The zero-order valence-electron chi connectivity index (χ0n) is 15.1. The van der Waals surface area contributed by atoms with E-state index in [1.165, 1.54) is 16.0 Å². The third-order valence-electron chi connectivity index (χ3n) is 3.50. The summed E-state index contributed by atoms with van der Waals surface area (Å²) in [5.74, 6) is 0.836. The first-order valence-corrected chi connectivity index (χ1v) is 9.21. The molecule has 1 N–H and O–H groups in total. The summed E-state index contributed by atoms with van der Waals surface area (Å²) in [6.45, 7) is 10.1. The third kappa shape index (κ3) is 4.01. The van der Waals surface area contributed by atoms with Crippen LogP contribution in [0.1, 0.15) is 43.8 Å². The van der Waals surface area contributed by atoms with Gasteiger partial charge in [-0.1, -0.05) is 44.2 Å². The molecule has 2 aromatic rings. The summed E-state index contributed by atoms with van der Waals surface area (Å²) in [5, 5.41) is 4.21. The summed E-state index contributed by atoms with van der Waals surface area (Å²) in [6, 6.07) is 4.03. The van der Waals surface area contributed by atoms with Crippen LogP contribution in [0.15, 0.2) is 48.2 Å². The molecule has 2 heterocycles. The molecule has 24 heavy (non-hydrogen) atoms. The molecular weight excluding hydrogens is 314 g/mol. The van der Waals surface area contributed by atoms with Crippen molar-refractivity contribution < 1.29 is 0 Å². The number of fused-ring (bicyclic) bond motifs is 1. The van der Waals surface area contributed by atoms with E-state index in [1.807, 2.05) is 46.0 Å². The first kappa shape index (κ1) is 18.1.